The van der Waals surface area contributed by atoms with Crippen molar-refractivity contribution in [3.05, 3.63) is 23.4 Å². The lowest BCUT2D eigenvalue weighted by Crippen LogP contribution is -2.03. The summed E-state index contributed by atoms with van der Waals surface area (Å²) in [5.41, 5.74) is 2.12. The number of rotatable bonds is 3. The van der Waals surface area contributed by atoms with Gasteiger partial charge in [0.1, 0.15) is 5.69 Å². The largest absolute Gasteiger partial charge is 0.478 e. The minimum Gasteiger partial charge on any atom is -0.478 e. The summed E-state index contributed by atoms with van der Waals surface area (Å²) < 4.78 is 8.45. The van der Waals surface area contributed by atoms with E-state index in [9.17, 15) is 0 Å². The molecule has 0 bridgehead atoms. The number of fused-ring (bicyclic) bond motifs is 1. The molecule has 0 aromatic carbocycles. The fourth-order valence-corrected chi connectivity index (χ4v) is 2.04. The lowest BCUT2D eigenvalue weighted by Gasteiger charge is -2.06. The highest BCUT2D eigenvalue weighted by Crippen LogP contribution is 2.27. The summed E-state index contributed by atoms with van der Waals surface area (Å²) in [6, 6.07) is 0. The number of hydrogen-bond donors (Lipinski definition) is 1. The zero-order valence-electron chi connectivity index (χ0n) is 11.1. The number of hydrogen-bond acceptors (Lipinski definition) is 6. The predicted molar refractivity (Wildman–Crippen MR) is 73.6 cm³/mol. The predicted octanol–water partition coefficient (Wildman–Crippen LogP) is 1.57. The van der Waals surface area contributed by atoms with Crippen LogP contribution in [0.15, 0.2) is 12.4 Å². The van der Waals surface area contributed by atoms with Crippen LogP contribution in [0.1, 0.15) is 5.69 Å². The average molecular weight is 294 g/mol. The Hall–Kier alpha value is -2.35. The summed E-state index contributed by atoms with van der Waals surface area (Å²) in [5, 5.41) is 11.5. The van der Waals surface area contributed by atoms with Crippen molar-refractivity contribution in [3.63, 3.8) is 0 Å². The summed E-state index contributed by atoms with van der Waals surface area (Å²) in [6.45, 7) is 1.89. The lowest BCUT2D eigenvalue weighted by atomic mass is 10.5. The number of aromatic nitrogens is 6. The van der Waals surface area contributed by atoms with Gasteiger partial charge in [0.2, 0.25) is 5.28 Å². The minimum atomic E-state index is 0.129. The smallest absolute Gasteiger partial charge is 0.256 e. The van der Waals surface area contributed by atoms with Crippen molar-refractivity contribution in [1.29, 1.82) is 0 Å². The molecular weight excluding hydrogens is 282 g/mol. The van der Waals surface area contributed by atoms with Gasteiger partial charge in [-0.3, -0.25) is 4.68 Å². The van der Waals surface area contributed by atoms with Crippen molar-refractivity contribution >= 4 is 28.8 Å². The maximum absolute atomic E-state index is 5.93. The summed E-state index contributed by atoms with van der Waals surface area (Å²) in [4.78, 5) is 8.43. The number of ether oxygens (including phenoxy) is 1. The molecule has 0 radical (unpaired) electrons. The first-order valence-corrected chi connectivity index (χ1v) is 6.19. The standard InChI is InChI=1S/C11H12ClN7O/c1-6-4-13-9-8(15-11(12)17-19(6)9)14-7-5-18(2)16-10(7)20-3/h4-5H,1-3H3,(H,14,15,17). The molecule has 8 nitrogen and oxygen atoms in total. The summed E-state index contributed by atoms with van der Waals surface area (Å²) >= 11 is 5.93. The van der Waals surface area contributed by atoms with Crippen molar-refractivity contribution in [2.75, 3.05) is 12.4 Å². The summed E-state index contributed by atoms with van der Waals surface area (Å²) in [6.07, 6.45) is 3.48. The Bertz CT molecular complexity index is 779. The van der Waals surface area contributed by atoms with Gasteiger partial charge in [-0.15, -0.1) is 10.2 Å². The molecule has 3 aromatic rings. The lowest BCUT2D eigenvalue weighted by molar-refractivity contribution is 0.393. The van der Waals surface area contributed by atoms with Gasteiger partial charge in [-0.05, 0) is 18.5 Å². The number of imidazole rings is 1. The Morgan fingerprint density at radius 1 is 1.35 bits per heavy atom. The number of methoxy groups -OCH3 is 1. The van der Waals surface area contributed by atoms with Crippen LogP contribution in [0.25, 0.3) is 5.65 Å². The van der Waals surface area contributed by atoms with Crippen molar-refractivity contribution in [3.8, 4) is 5.88 Å². The van der Waals surface area contributed by atoms with Gasteiger partial charge in [-0.1, -0.05) is 0 Å². The topological polar surface area (TPSA) is 82.2 Å². The Labute approximate surface area is 119 Å². The van der Waals surface area contributed by atoms with Gasteiger partial charge < -0.3 is 10.1 Å². The molecule has 0 aliphatic rings. The quantitative estimate of drug-likeness (QED) is 0.789. The third kappa shape index (κ3) is 2.03. The van der Waals surface area contributed by atoms with E-state index in [-0.39, 0.29) is 5.28 Å². The number of aryl methyl sites for hydroxylation is 2. The Morgan fingerprint density at radius 3 is 2.90 bits per heavy atom. The molecule has 0 atom stereocenters. The maximum Gasteiger partial charge on any atom is 0.256 e. The van der Waals surface area contributed by atoms with Crippen LogP contribution in [0.5, 0.6) is 5.88 Å². The molecule has 0 spiro atoms. The molecular formula is C11H12ClN7O. The van der Waals surface area contributed by atoms with E-state index >= 15 is 0 Å². The number of anilines is 2. The fraction of sp³-hybridized carbons (Fsp3) is 0.273. The molecule has 0 fully saturated rings. The van der Waals surface area contributed by atoms with Crippen LogP contribution in [0, 0.1) is 6.92 Å². The molecule has 1 N–H and O–H groups in total. The molecule has 3 heterocycles. The molecule has 0 unspecified atom stereocenters. The second kappa shape index (κ2) is 4.64. The highest BCUT2D eigenvalue weighted by atomic mass is 35.5. The first-order chi connectivity index (χ1) is 9.58. The van der Waals surface area contributed by atoms with Crippen LogP contribution < -0.4 is 10.1 Å². The zero-order chi connectivity index (χ0) is 14.3. The van der Waals surface area contributed by atoms with Crippen molar-refractivity contribution in [2.45, 2.75) is 6.92 Å². The highest BCUT2D eigenvalue weighted by Gasteiger charge is 2.14. The van der Waals surface area contributed by atoms with Crippen LogP contribution in [0.2, 0.25) is 5.28 Å². The Kier molecular flexibility index (Phi) is 2.94. The van der Waals surface area contributed by atoms with E-state index in [2.05, 4.69) is 25.5 Å². The minimum absolute atomic E-state index is 0.129. The molecule has 9 heteroatoms. The molecule has 3 aromatic heterocycles. The van der Waals surface area contributed by atoms with Crippen LogP contribution in [0.3, 0.4) is 0 Å². The van der Waals surface area contributed by atoms with Crippen molar-refractivity contribution < 1.29 is 4.74 Å². The summed E-state index contributed by atoms with van der Waals surface area (Å²) in [7, 11) is 3.35. The first-order valence-electron chi connectivity index (χ1n) is 5.81. The van der Waals surface area contributed by atoms with Gasteiger partial charge in [0.15, 0.2) is 11.5 Å². The normalized spacial score (nSPS) is 11.0. The van der Waals surface area contributed by atoms with Crippen LogP contribution in [-0.4, -0.2) is 36.5 Å². The molecule has 104 valence electrons. The molecule has 0 aliphatic carbocycles. The second-order valence-electron chi connectivity index (χ2n) is 4.22. The van der Waals surface area contributed by atoms with E-state index < -0.39 is 0 Å². The van der Waals surface area contributed by atoms with Gasteiger partial charge in [0.05, 0.1) is 25.2 Å². The van der Waals surface area contributed by atoms with Crippen LogP contribution in [-0.2, 0) is 7.05 Å². The van der Waals surface area contributed by atoms with E-state index in [1.165, 1.54) is 0 Å². The monoisotopic (exact) mass is 293 g/mol. The number of nitrogens with zero attached hydrogens (tertiary/aromatic N) is 6. The molecule has 20 heavy (non-hydrogen) atoms. The average Bonchev–Trinajstić information content (AvgIpc) is 2.94. The Morgan fingerprint density at radius 2 is 2.15 bits per heavy atom. The number of nitrogens with one attached hydrogen (secondary N) is 1. The van der Waals surface area contributed by atoms with E-state index in [0.717, 1.165) is 5.69 Å². The van der Waals surface area contributed by atoms with Crippen molar-refractivity contribution in [1.82, 2.24) is 29.4 Å². The highest BCUT2D eigenvalue weighted by molar-refractivity contribution is 6.28. The molecule has 0 saturated heterocycles. The van der Waals surface area contributed by atoms with E-state index in [4.69, 9.17) is 16.3 Å². The number of halogens is 1. The fourth-order valence-electron chi connectivity index (χ4n) is 1.88. The van der Waals surface area contributed by atoms with E-state index in [0.29, 0.717) is 23.0 Å². The van der Waals surface area contributed by atoms with Gasteiger partial charge in [0, 0.05) is 7.05 Å². The second-order valence-corrected chi connectivity index (χ2v) is 4.55. The van der Waals surface area contributed by atoms with E-state index in [1.807, 2.05) is 6.92 Å². The zero-order valence-corrected chi connectivity index (χ0v) is 11.9. The first kappa shape index (κ1) is 12.7. The van der Waals surface area contributed by atoms with Gasteiger partial charge in [-0.25, -0.2) is 9.50 Å². The van der Waals surface area contributed by atoms with Crippen LogP contribution in [0.4, 0.5) is 11.5 Å². The Balaban J connectivity index is 2.10. The summed E-state index contributed by atoms with van der Waals surface area (Å²) in [5.74, 6) is 0.952. The molecule has 3 rings (SSSR count). The third-order valence-electron chi connectivity index (χ3n) is 2.75. The van der Waals surface area contributed by atoms with Gasteiger partial charge in [-0.2, -0.15) is 4.98 Å². The van der Waals surface area contributed by atoms with Crippen molar-refractivity contribution in [2.24, 2.45) is 7.05 Å². The van der Waals surface area contributed by atoms with Crippen LogP contribution >= 0.6 is 11.6 Å². The van der Waals surface area contributed by atoms with Gasteiger partial charge >= 0.3 is 0 Å². The van der Waals surface area contributed by atoms with Gasteiger partial charge in [0.25, 0.3) is 5.88 Å². The molecule has 0 amide bonds. The van der Waals surface area contributed by atoms with E-state index in [1.54, 1.807) is 35.7 Å². The molecule has 0 aliphatic heterocycles. The SMILES string of the molecule is COc1nn(C)cc1Nc1nc(Cl)nn2c(C)cnc12. The molecule has 0 saturated carbocycles. The maximum atomic E-state index is 5.93. The third-order valence-corrected chi connectivity index (χ3v) is 2.91.